The summed E-state index contributed by atoms with van der Waals surface area (Å²) in [6, 6.07) is 9.02. The molecule has 0 aliphatic rings. The topological polar surface area (TPSA) is 43.4 Å². The number of thiophene rings is 1. The first kappa shape index (κ1) is 16.9. The Morgan fingerprint density at radius 2 is 1.65 bits per heavy atom. The molecule has 0 spiro atoms. The molecule has 0 bridgehead atoms. The van der Waals surface area contributed by atoms with Crippen LogP contribution in [0.1, 0.15) is 0 Å². The minimum absolute atomic E-state index is 0. The molecule has 0 N–H and O–H groups in total. The second-order valence-electron chi connectivity index (χ2n) is 3.48. The third-order valence-electron chi connectivity index (χ3n) is 2.15. The fraction of sp³-hybridized carbons (Fsp3) is 0.0909. The van der Waals surface area contributed by atoms with Gasteiger partial charge in [0.2, 0.25) is 0 Å². The third kappa shape index (κ3) is 3.68. The molecule has 0 radical (unpaired) electrons. The SMILES string of the molecule is O=S(=O)(Oc1ccc(-c2cccs2)cc1)C(F)(F)F.S. The highest BCUT2D eigenvalue weighted by Crippen LogP contribution is 2.29. The van der Waals surface area contributed by atoms with Crippen LogP contribution in [0, 0.1) is 0 Å². The highest BCUT2D eigenvalue weighted by atomic mass is 32.2. The lowest BCUT2D eigenvalue weighted by molar-refractivity contribution is -0.0500. The number of rotatable bonds is 3. The van der Waals surface area contributed by atoms with Crippen molar-refractivity contribution in [1.29, 1.82) is 0 Å². The van der Waals surface area contributed by atoms with Crippen LogP contribution in [0.2, 0.25) is 0 Å². The van der Waals surface area contributed by atoms with Crippen molar-refractivity contribution in [3.63, 3.8) is 0 Å². The molecule has 20 heavy (non-hydrogen) atoms. The maximum atomic E-state index is 12.1. The zero-order valence-electron chi connectivity index (χ0n) is 9.72. The van der Waals surface area contributed by atoms with Crippen LogP contribution in [0.5, 0.6) is 5.75 Å². The summed E-state index contributed by atoms with van der Waals surface area (Å²) in [4.78, 5) is 0.922. The van der Waals surface area contributed by atoms with Crippen LogP contribution in [0.4, 0.5) is 13.2 Å². The second-order valence-corrected chi connectivity index (χ2v) is 5.97. The van der Waals surface area contributed by atoms with Gasteiger partial charge >= 0.3 is 15.6 Å². The molecule has 0 aliphatic carbocycles. The van der Waals surface area contributed by atoms with Crippen LogP contribution in [0.15, 0.2) is 41.8 Å². The Balaban J connectivity index is 0.00000200. The van der Waals surface area contributed by atoms with E-state index in [1.54, 1.807) is 0 Å². The van der Waals surface area contributed by atoms with Crippen molar-refractivity contribution in [1.82, 2.24) is 0 Å². The van der Waals surface area contributed by atoms with Crippen LogP contribution in [-0.4, -0.2) is 13.9 Å². The number of hydrogen-bond donors (Lipinski definition) is 0. The lowest BCUT2D eigenvalue weighted by Gasteiger charge is -2.09. The maximum Gasteiger partial charge on any atom is 0.534 e. The Hall–Kier alpha value is -1.19. The van der Waals surface area contributed by atoms with Crippen LogP contribution in [0.3, 0.4) is 0 Å². The highest BCUT2D eigenvalue weighted by molar-refractivity contribution is 7.88. The predicted molar refractivity (Wildman–Crippen MR) is 75.7 cm³/mol. The van der Waals surface area contributed by atoms with Crippen molar-refractivity contribution in [3.8, 4) is 16.2 Å². The molecule has 0 fully saturated rings. The third-order valence-corrected chi connectivity index (χ3v) is 4.05. The van der Waals surface area contributed by atoms with Gasteiger partial charge in [-0.05, 0) is 41.3 Å². The second kappa shape index (κ2) is 6.06. The van der Waals surface area contributed by atoms with E-state index in [2.05, 4.69) is 4.18 Å². The smallest absolute Gasteiger partial charge is 0.376 e. The monoisotopic (exact) mass is 342 g/mol. The van der Waals surface area contributed by atoms with Gasteiger partial charge in [0, 0.05) is 4.88 Å². The average molecular weight is 342 g/mol. The molecule has 0 unspecified atom stereocenters. The molecule has 1 heterocycles. The van der Waals surface area contributed by atoms with Crippen molar-refractivity contribution in [2.45, 2.75) is 5.51 Å². The number of alkyl halides is 3. The number of halogens is 3. The van der Waals surface area contributed by atoms with Gasteiger partial charge in [-0.15, -0.1) is 11.3 Å². The van der Waals surface area contributed by atoms with E-state index < -0.39 is 15.6 Å². The van der Waals surface area contributed by atoms with Gasteiger partial charge in [0.15, 0.2) is 0 Å². The molecule has 1 aromatic heterocycles. The predicted octanol–water partition coefficient (Wildman–Crippen LogP) is 3.76. The molecule has 0 atom stereocenters. The molecule has 3 nitrogen and oxygen atoms in total. The quantitative estimate of drug-likeness (QED) is 0.630. The summed E-state index contributed by atoms with van der Waals surface area (Å²) in [6.07, 6.45) is 0. The van der Waals surface area contributed by atoms with E-state index in [1.165, 1.54) is 35.6 Å². The molecule has 0 saturated heterocycles. The van der Waals surface area contributed by atoms with Crippen LogP contribution in [0.25, 0.3) is 10.4 Å². The van der Waals surface area contributed by atoms with E-state index in [-0.39, 0.29) is 19.2 Å². The molecular weight excluding hydrogens is 333 g/mol. The van der Waals surface area contributed by atoms with Gasteiger partial charge in [0.1, 0.15) is 5.75 Å². The van der Waals surface area contributed by atoms with E-state index in [1.807, 2.05) is 17.5 Å². The van der Waals surface area contributed by atoms with Gasteiger partial charge < -0.3 is 4.18 Å². The first-order valence-electron chi connectivity index (χ1n) is 4.94. The Morgan fingerprint density at radius 1 is 1.05 bits per heavy atom. The van der Waals surface area contributed by atoms with Crippen molar-refractivity contribution in [3.05, 3.63) is 41.8 Å². The van der Waals surface area contributed by atoms with Crippen molar-refractivity contribution in [2.75, 3.05) is 0 Å². The Kier molecular flexibility index (Phi) is 5.11. The number of benzene rings is 1. The van der Waals surface area contributed by atoms with Crippen LogP contribution in [-0.2, 0) is 10.1 Å². The minimum atomic E-state index is -5.61. The zero-order chi connectivity index (χ0) is 14.1. The van der Waals surface area contributed by atoms with Crippen molar-refractivity contribution < 1.29 is 25.8 Å². The van der Waals surface area contributed by atoms with Gasteiger partial charge in [-0.25, -0.2) is 0 Å². The molecule has 0 amide bonds. The summed E-state index contributed by atoms with van der Waals surface area (Å²) in [5.74, 6) is -0.377. The lowest BCUT2D eigenvalue weighted by atomic mass is 10.2. The Morgan fingerprint density at radius 3 is 2.10 bits per heavy atom. The average Bonchev–Trinajstić information content (AvgIpc) is 2.81. The van der Waals surface area contributed by atoms with Crippen LogP contribution >= 0.6 is 24.8 Å². The summed E-state index contributed by atoms with van der Waals surface area (Å²) >= 11 is 1.46. The Bertz CT molecular complexity index is 646. The zero-order valence-corrected chi connectivity index (χ0v) is 12.3. The fourth-order valence-corrected chi connectivity index (χ4v) is 2.48. The highest BCUT2D eigenvalue weighted by Gasteiger charge is 2.48. The standard InChI is InChI=1S/C11H7F3O3S2.H2S/c12-11(13,14)19(15,16)17-9-5-3-8(4-6-9)10-2-1-7-18-10;/h1-7H;1H2. The molecule has 110 valence electrons. The molecular formula is C11H9F3O3S3. The van der Waals surface area contributed by atoms with Gasteiger partial charge in [0.05, 0.1) is 0 Å². The maximum absolute atomic E-state index is 12.1. The molecule has 2 aromatic rings. The summed E-state index contributed by atoms with van der Waals surface area (Å²) < 4.78 is 61.9. The lowest BCUT2D eigenvalue weighted by Crippen LogP contribution is -2.27. The summed E-state index contributed by atoms with van der Waals surface area (Å²) in [5.41, 5.74) is -4.66. The van der Waals surface area contributed by atoms with E-state index in [0.29, 0.717) is 0 Å². The van der Waals surface area contributed by atoms with Gasteiger partial charge in [-0.2, -0.15) is 35.1 Å². The largest absolute Gasteiger partial charge is 0.534 e. The fourth-order valence-electron chi connectivity index (χ4n) is 1.29. The minimum Gasteiger partial charge on any atom is -0.376 e. The summed E-state index contributed by atoms with van der Waals surface area (Å²) in [6.45, 7) is 0. The van der Waals surface area contributed by atoms with Crippen molar-refractivity contribution in [2.24, 2.45) is 0 Å². The Labute approximate surface area is 124 Å². The molecule has 0 aliphatic heterocycles. The van der Waals surface area contributed by atoms with Gasteiger partial charge in [0.25, 0.3) is 0 Å². The number of hydrogen-bond acceptors (Lipinski definition) is 4. The van der Waals surface area contributed by atoms with Gasteiger partial charge in [-0.1, -0.05) is 6.07 Å². The first-order chi connectivity index (χ1) is 8.79. The molecule has 1 aromatic carbocycles. The van der Waals surface area contributed by atoms with E-state index in [0.717, 1.165) is 10.4 Å². The van der Waals surface area contributed by atoms with Crippen molar-refractivity contribution >= 4 is 35.0 Å². The summed E-state index contributed by atoms with van der Waals surface area (Å²) in [7, 11) is -5.61. The van der Waals surface area contributed by atoms with Crippen LogP contribution < -0.4 is 4.18 Å². The first-order valence-corrected chi connectivity index (χ1v) is 7.23. The van der Waals surface area contributed by atoms with E-state index in [9.17, 15) is 21.6 Å². The summed E-state index contributed by atoms with van der Waals surface area (Å²) in [5, 5.41) is 1.86. The molecule has 2 rings (SSSR count). The van der Waals surface area contributed by atoms with E-state index in [4.69, 9.17) is 0 Å². The molecule has 9 heteroatoms. The van der Waals surface area contributed by atoms with Gasteiger partial charge in [-0.3, -0.25) is 0 Å². The normalized spacial score (nSPS) is 11.8. The molecule has 0 saturated carbocycles. The van der Waals surface area contributed by atoms with E-state index >= 15 is 0 Å².